The summed E-state index contributed by atoms with van der Waals surface area (Å²) >= 11 is 2.28. The molecule has 2 N–H and O–H groups in total. The summed E-state index contributed by atoms with van der Waals surface area (Å²) in [5.41, 5.74) is 8.88. The highest BCUT2D eigenvalue weighted by molar-refractivity contribution is 14.1. The van der Waals surface area contributed by atoms with Gasteiger partial charge in [0.1, 0.15) is 0 Å². The number of nitrogens with zero attached hydrogens (tertiary/aromatic N) is 1. The fraction of sp³-hybridized carbons (Fsp3) is 0. The van der Waals surface area contributed by atoms with Crippen LogP contribution in [0.2, 0.25) is 0 Å². The zero-order chi connectivity index (χ0) is 9.97. The lowest BCUT2D eigenvalue weighted by atomic mass is 10.1. The maximum absolute atomic E-state index is 5.90. The summed E-state index contributed by atoms with van der Waals surface area (Å²) in [7, 11) is 0. The van der Waals surface area contributed by atoms with E-state index in [1.807, 2.05) is 24.3 Å². The van der Waals surface area contributed by atoms with Crippen molar-refractivity contribution < 1.29 is 0 Å². The molecule has 0 saturated carbocycles. The van der Waals surface area contributed by atoms with Gasteiger partial charge in [0.25, 0.3) is 0 Å². The Kier molecular flexibility index (Phi) is 2.67. The summed E-state index contributed by atoms with van der Waals surface area (Å²) in [4.78, 5) is 3.98. The van der Waals surface area contributed by atoms with Crippen molar-refractivity contribution >= 4 is 28.3 Å². The van der Waals surface area contributed by atoms with Crippen LogP contribution in [-0.2, 0) is 0 Å². The van der Waals surface area contributed by atoms with Crippen LogP contribution in [0.15, 0.2) is 42.7 Å². The van der Waals surface area contributed by atoms with Crippen molar-refractivity contribution in [3.63, 3.8) is 0 Å². The third-order valence-corrected chi connectivity index (χ3v) is 2.68. The predicted molar refractivity (Wildman–Crippen MR) is 66.8 cm³/mol. The molecule has 0 aliphatic rings. The zero-order valence-corrected chi connectivity index (χ0v) is 9.60. The van der Waals surface area contributed by atoms with Gasteiger partial charge in [-0.3, -0.25) is 4.98 Å². The standard InChI is InChI=1S/C11H9IN2/c12-9-1-2-11(13)10(7-9)8-3-5-14-6-4-8/h1-7H,13H2. The molecule has 0 unspecified atom stereocenters. The van der Waals surface area contributed by atoms with E-state index in [0.717, 1.165) is 16.8 Å². The number of benzene rings is 1. The Morgan fingerprint density at radius 3 is 2.50 bits per heavy atom. The van der Waals surface area contributed by atoms with Crippen LogP contribution in [-0.4, -0.2) is 4.98 Å². The smallest absolute Gasteiger partial charge is 0.0394 e. The molecule has 3 heteroatoms. The molecule has 0 spiro atoms. The molecule has 2 aromatic rings. The van der Waals surface area contributed by atoms with E-state index in [0.29, 0.717) is 0 Å². The maximum Gasteiger partial charge on any atom is 0.0394 e. The SMILES string of the molecule is Nc1ccc(I)cc1-c1ccncc1. The second-order valence-electron chi connectivity index (χ2n) is 2.97. The van der Waals surface area contributed by atoms with Gasteiger partial charge in [-0.25, -0.2) is 0 Å². The van der Waals surface area contributed by atoms with Crippen LogP contribution in [0.5, 0.6) is 0 Å². The lowest BCUT2D eigenvalue weighted by Crippen LogP contribution is -1.90. The molecular formula is C11H9IN2. The highest BCUT2D eigenvalue weighted by Crippen LogP contribution is 2.26. The number of hydrogen-bond acceptors (Lipinski definition) is 2. The number of hydrogen-bond donors (Lipinski definition) is 1. The molecule has 0 aliphatic carbocycles. The van der Waals surface area contributed by atoms with Gasteiger partial charge in [0.05, 0.1) is 0 Å². The van der Waals surface area contributed by atoms with E-state index in [4.69, 9.17) is 5.73 Å². The predicted octanol–water partition coefficient (Wildman–Crippen LogP) is 2.94. The fourth-order valence-electron chi connectivity index (χ4n) is 1.31. The van der Waals surface area contributed by atoms with Crippen molar-refractivity contribution in [1.82, 2.24) is 4.98 Å². The normalized spacial score (nSPS) is 10.1. The van der Waals surface area contributed by atoms with Gasteiger partial charge in [0, 0.05) is 27.2 Å². The van der Waals surface area contributed by atoms with Gasteiger partial charge in [-0.05, 0) is 58.5 Å². The van der Waals surface area contributed by atoms with E-state index in [-0.39, 0.29) is 0 Å². The van der Waals surface area contributed by atoms with Crippen molar-refractivity contribution in [3.8, 4) is 11.1 Å². The van der Waals surface area contributed by atoms with E-state index in [9.17, 15) is 0 Å². The number of nitrogens with two attached hydrogens (primary N) is 1. The van der Waals surface area contributed by atoms with E-state index in [2.05, 4.69) is 33.6 Å². The Bertz CT molecular complexity index is 440. The zero-order valence-electron chi connectivity index (χ0n) is 7.44. The number of aromatic nitrogens is 1. The van der Waals surface area contributed by atoms with Gasteiger partial charge < -0.3 is 5.73 Å². The maximum atomic E-state index is 5.90. The number of nitrogen functional groups attached to an aromatic ring is 1. The van der Waals surface area contributed by atoms with Crippen molar-refractivity contribution in [1.29, 1.82) is 0 Å². The molecule has 2 rings (SSSR count). The van der Waals surface area contributed by atoms with Crippen LogP contribution in [0.4, 0.5) is 5.69 Å². The number of rotatable bonds is 1. The minimum absolute atomic E-state index is 0.802. The second kappa shape index (κ2) is 3.96. The van der Waals surface area contributed by atoms with E-state index in [1.165, 1.54) is 3.57 Å². The number of pyridine rings is 1. The summed E-state index contributed by atoms with van der Waals surface area (Å²) < 4.78 is 1.18. The fourth-order valence-corrected chi connectivity index (χ4v) is 1.80. The van der Waals surface area contributed by atoms with Crippen LogP contribution in [0.25, 0.3) is 11.1 Å². The number of halogens is 1. The van der Waals surface area contributed by atoms with Gasteiger partial charge in [-0.15, -0.1) is 0 Å². The molecule has 0 bridgehead atoms. The lowest BCUT2D eigenvalue weighted by molar-refractivity contribution is 1.33. The summed E-state index contributed by atoms with van der Waals surface area (Å²) in [6.07, 6.45) is 3.54. The highest BCUT2D eigenvalue weighted by Gasteiger charge is 2.01. The van der Waals surface area contributed by atoms with Gasteiger partial charge in [-0.2, -0.15) is 0 Å². The summed E-state index contributed by atoms with van der Waals surface area (Å²) in [5, 5.41) is 0. The summed E-state index contributed by atoms with van der Waals surface area (Å²) in [6.45, 7) is 0. The second-order valence-corrected chi connectivity index (χ2v) is 4.21. The monoisotopic (exact) mass is 296 g/mol. The molecule has 0 radical (unpaired) electrons. The Morgan fingerprint density at radius 2 is 1.79 bits per heavy atom. The largest absolute Gasteiger partial charge is 0.398 e. The van der Waals surface area contributed by atoms with Gasteiger partial charge in [0.15, 0.2) is 0 Å². The Hall–Kier alpha value is -1.10. The minimum Gasteiger partial charge on any atom is -0.398 e. The molecule has 0 aliphatic heterocycles. The third-order valence-electron chi connectivity index (χ3n) is 2.01. The van der Waals surface area contributed by atoms with E-state index < -0.39 is 0 Å². The van der Waals surface area contributed by atoms with E-state index in [1.54, 1.807) is 12.4 Å². The quantitative estimate of drug-likeness (QED) is 0.649. The van der Waals surface area contributed by atoms with Crippen LogP contribution in [0.3, 0.4) is 0 Å². The average Bonchev–Trinajstić information content (AvgIpc) is 2.23. The summed E-state index contributed by atoms with van der Waals surface area (Å²) in [5.74, 6) is 0. The van der Waals surface area contributed by atoms with Crippen LogP contribution in [0, 0.1) is 3.57 Å². The molecule has 14 heavy (non-hydrogen) atoms. The first kappa shape index (κ1) is 9.45. The van der Waals surface area contributed by atoms with Gasteiger partial charge in [0.2, 0.25) is 0 Å². The summed E-state index contributed by atoms with van der Waals surface area (Å²) in [6, 6.07) is 9.92. The molecule has 1 heterocycles. The molecule has 70 valence electrons. The van der Waals surface area contributed by atoms with Crippen LogP contribution in [0.1, 0.15) is 0 Å². The van der Waals surface area contributed by atoms with Crippen LogP contribution < -0.4 is 5.73 Å². The molecule has 0 saturated heterocycles. The van der Waals surface area contributed by atoms with E-state index >= 15 is 0 Å². The van der Waals surface area contributed by atoms with Gasteiger partial charge in [-0.1, -0.05) is 0 Å². The van der Waals surface area contributed by atoms with Crippen molar-refractivity contribution in [2.75, 3.05) is 5.73 Å². The molecular weight excluding hydrogens is 287 g/mol. The first-order valence-corrected chi connectivity index (χ1v) is 5.30. The molecule has 1 aromatic carbocycles. The van der Waals surface area contributed by atoms with Crippen molar-refractivity contribution in [2.24, 2.45) is 0 Å². The minimum atomic E-state index is 0.802. The molecule has 0 fully saturated rings. The molecule has 2 nitrogen and oxygen atoms in total. The average molecular weight is 296 g/mol. The van der Waals surface area contributed by atoms with Crippen LogP contribution >= 0.6 is 22.6 Å². The molecule has 0 amide bonds. The number of anilines is 1. The third kappa shape index (κ3) is 1.87. The molecule has 1 aromatic heterocycles. The lowest BCUT2D eigenvalue weighted by Gasteiger charge is -2.05. The topological polar surface area (TPSA) is 38.9 Å². The van der Waals surface area contributed by atoms with Crippen molar-refractivity contribution in [2.45, 2.75) is 0 Å². The highest BCUT2D eigenvalue weighted by atomic mass is 127. The Morgan fingerprint density at radius 1 is 1.07 bits per heavy atom. The molecule has 0 atom stereocenters. The van der Waals surface area contributed by atoms with Gasteiger partial charge >= 0.3 is 0 Å². The Labute approximate surface area is 96.3 Å². The first-order valence-electron chi connectivity index (χ1n) is 4.23. The van der Waals surface area contributed by atoms with Crippen molar-refractivity contribution in [3.05, 3.63) is 46.3 Å². The Balaban J connectivity index is 2.57. The first-order chi connectivity index (χ1) is 6.77.